The van der Waals surface area contributed by atoms with Gasteiger partial charge in [-0.15, -0.1) is 0 Å². The number of amides is 1. The molecule has 0 radical (unpaired) electrons. The molecular formula is C30H36Cl2N4O8. The number of esters is 1. The van der Waals surface area contributed by atoms with E-state index in [1.807, 2.05) is 0 Å². The third kappa shape index (κ3) is 10.3. The average Bonchev–Trinajstić information content (AvgIpc) is 3.01. The van der Waals surface area contributed by atoms with Crippen LogP contribution in [-0.2, 0) is 37.2 Å². The first-order valence-electron chi connectivity index (χ1n) is 13.8. The van der Waals surface area contributed by atoms with Gasteiger partial charge in [0.1, 0.15) is 12.6 Å². The molecule has 1 heterocycles. The first kappa shape index (κ1) is 35.0. The largest absolute Gasteiger partial charge is 0.489 e. The number of nitrogens with two attached hydrogens (primary N) is 1. The highest BCUT2D eigenvalue weighted by molar-refractivity contribution is 6.39. The van der Waals surface area contributed by atoms with Crippen molar-refractivity contribution in [3.63, 3.8) is 0 Å². The van der Waals surface area contributed by atoms with E-state index >= 15 is 0 Å². The van der Waals surface area contributed by atoms with Gasteiger partial charge in [0, 0.05) is 20.0 Å². The van der Waals surface area contributed by atoms with Gasteiger partial charge in [-0.3, -0.25) is 9.59 Å². The summed E-state index contributed by atoms with van der Waals surface area (Å²) in [6.07, 6.45) is 1.58. The molecule has 0 fully saturated rings. The summed E-state index contributed by atoms with van der Waals surface area (Å²) in [5.41, 5.74) is 6.67. The van der Waals surface area contributed by atoms with E-state index in [9.17, 15) is 14.4 Å². The Morgan fingerprint density at radius 2 is 1.52 bits per heavy atom. The third-order valence-electron chi connectivity index (χ3n) is 6.26. The quantitative estimate of drug-likeness (QED) is 0.155. The Hall–Kier alpha value is -3.52. The third-order valence-corrected chi connectivity index (χ3v) is 6.89. The van der Waals surface area contributed by atoms with E-state index in [1.165, 1.54) is 30.1 Å². The van der Waals surface area contributed by atoms with Crippen molar-refractivity contribution >= 4 is 35.1 Å². The van der Waals surface area contributed by atoms with Crippen LogP contribution in [0.25, 0.3) is 11.1 Å². The van der Waals surface area contributed by atoms with E-state index in [0.29, 0.717) is 62.0 Å². The summed E-state index contributed by atoms with van der Waals surface area (Å²) in [6.45, 7) is 3.15. The van der Waals surface area contributed by atoms with Crippen molar-refractivity contribution in [1.29, 1.82) is 0 Å². The number of ether oxygens (including phenoxy) is 5. The van der Waals surface area contributed by atoms with Gasteiger partial charge in [-0.25, -0.2) is 9.48 Å². The molecule has 3 N–H and O–H groups in total. The van der Waals surface area contributed by atoms with Crippen LogP contribution in [0.5, 0.6) is 5.75 Å². The Labute approximate surface area is 265 Å². The molecule has 3 aromatic rings. The molecule has 0 aliphatic carbocycles. The normalized spacial score (nSPS) is 11.7. The van der Waals surface area contributed by atoms with Crippen LogP contribution in [0, 0.1) is 0 Å². The summed E-state index contributed by atoms with van der Waals surface area (Å²) in [5, 5.41) is 7.03. The molecule has 3 rings (SSSR count). The summed E-state index contributed by atoms with van der Waals surface area (Å²) >= 11 is 12.3. The Morgan fingerprint density at radius 3 is 2.11 bits per heavy atom. The van der Waals surface area contributed by atoms with Crippen LogP contribution >= 0.6 is 23.2 Å². The predicted molar refractivity (Wildman–Crippen MR) is 165 cm³/mol. The van der Waals surface area contributed by atoms with E-state index in [0.717, 1.165) is 0 Å². The highest BCUT2D eigenvalue weighted by Gasteiger charge is 2.25. The second-order valence-electron chi connectivity index (χ2n) is 9.33. The molecule has 1 unspecified atom stereocenters. The van der Waals surface area contributed by atoms with E-state index in [4.69, 9.17) is 52.6 Å². The summed E-state index contributed by atoms with van der Waals surface area (Å²) in [4.78, 5) is 38.4. The van der Waals surface area contributed by atoms with Crippen LogP contribution in [0.4, 0.5) is 0 Å². The van der Waals surface area contributed by atoms with Crippen molar-refractivity contribution in [3.05, 3.63) is 80.2 Å². The molecule has 238 valence electrons. The number of hydrogen-bond donors (Lipinski definition) is 2. The lowest BCUT2D eigenvalue weighted by Crippen LogP contribution is -2.43. The van der Waals surface area contributed by atoms with Crippen molar-refractivity contribution in [3.8, 4) is 16.9 Å². The van der Waals surface area contributed by atoms with Gasteiger partial charge in [-0.2, -0.15) is 5.10 Å². The van der Waals surface area contributed by atoms with Crippen LogP contribution in [0.15, 0.2) is 53.5 Å². The topological polar surface area (TPSA) is 153 Å². The van der Waals surface area contributed by atoms with Crippen molar-refractivity contribution < 1.29 is 33.3 Å². The monoisotopic (exact) mass is 650 g/mol. The molecule has 14 heteroatoms. The van der Waals surface area contributed by atoms with Gasteiger partial charge in [0.2, 0.25) is 0 Å². The van der Waals surface area contributed by atoms with E-state index in [2.05, 4.69) is 10.4 Å². The minimum atomic E-state index is -1.02. The number of aromatic nitrogens is 2. The molecule has 44 heavy (non-hydrogen) atoms. The summed E-state index contributed by atoms with van der Waals surface area (Å²) in [7, 11) is 2.78. The molecule has 0 saturated carbocycles. The fraction of sp³-hybridized carbons (Fsp3) is 0.400. The number of methoxy groups -OCH3 is 1. The molecule has 0 spiro atoms. The molecule has 0 aliphatic rings. The van der Waals surface area contributed by atoms with Crippen LogP contribution in [0.1, 0.15) is 15.9 Å². The number of hydrogen-bond acceptors (Lipinski definition) is 10. The van der Waals surface area contributed by atoms with E-state index < -0.39 is 17.9 Å². The fourth-order valence-electron chi connectivity index (χ4n) is 4.06. The van der Waals surface area contributed by atoms with Gasteiger partial charge in [-0.05, 0) is 23.3 Å². The zero-order valence-corrected chi connectivity index (χ0v) is 26.1. The number of carbonyl (C=O) groups is 2. The summed E-state index contributed by atoms with van der Waals surface area (Å²) in [6, 6.07) is 10.6. The van der Waals surface area contributed by atoms with Gasteiger partial charge >= 0.3 is 5.97 Å². The molecule has 0 aliphatic heterocycles. The molecule has 1 atom stereocenters. The van der Waals surface area contributed by atoms with Gasteiger partial charge in [0.15, 0.2) is 5.75 Å². The fourth-order valence-corrected chi connectivity index (χ4v) is 4.63. The molecule has 0 saturated heterocycles. The number of halogens is 2. The lowest BCUT2D eigenvalue weighted by molar-refractivity contribution is -0.142. The maximum atomic E-state index is 13.0. The Bertz CT molecular complexity index is 1420. The second-order valence-corrected chi connectivity index (χ2v) is 10.1. The Kier molecular flexibility index (Phi) is 14.6. The molecular weight excluding hydrogens is 615 g/mol. The second kappa shape index (κ2) is 18.3. The number of nitrogens with one attached hydrogen (secondary N) is 1. The van der Waals surface area contributed by atoms with Gasteiger partial charge in [-0.1, -0.05) is 53.5 Å². The molecule has 1 amide bonds. The number of rotatable bonds is 18. The predicted octanol–water partition coefficient (Wildman–Crippen LogP) is 2.66. The molecule has 12 nitrogen and oxygen atoms in total. The lowest BCUT2D eigenvalue weighted by Gasteiger charge is -2.18. The van der Waals surface area contributed by atoms with Crippen molar-refractivity contribution in [2.75, 3.05) is 59.9 Å². The number of aryl methyl sites for hydroxylation is 1. The zero-order chi connectivity index (χ0) is 31.9. The lowest BCUT2D eigenvalue weighted by atomic mass is 10.0. The minimum Gasteiger partial charge on any atom is -0.489 e. The molecule has 0 bridgehead atoms. The zero-order valence-electron chi connectivity index (χ0n) is 24.6. The average molecular weight is 652 g/mol. The van der Waals surface area contributed by atoms with Crippen LogP contribution in [-0.4, -0.2) is 87.6 Å². The number of benzene rings is 2. The van der Waals surface area contributed by atoms with Crippen molar-refractivity contribution in [1.82, 2.24) is 15.1 Å². The van der Waals surface area contributed by atoms with Crippen molar-refractivity contribution in [2.45, 2.75) is 12.5 Å². The van der Waals surface area contributed by atoms with Gasteiger partial charge in [0.05, 0.1) is 74.1 Å². The molecule has 1 aromatic heterocycles. The Balaban J connectivity index is 1.62. The number of carbonyl (C=O) groups excluding carboxylic acids is 2. The summed E-state index contributed by atoms with van der Waals surface area (Å²) in [5.74, 6) is -0.956. The maximum absolute atomic E-state index is 13.0. The Morgan fingerprint density at radius 1 is 0.932 bits per heavy atom. The van der Waals surface area contributed by atoms with Crippen LogP contribution < -0.4 is 21.3 Å². The smallest absolute Gasteiger partial charge is 0.328 e. The van der Waals surface area contributed by atoms with Gasteiger partial charge < -0.3 is 34.7 Å². The highest BCUT2D eigenvalue weighted by Crippen LogP contribution is 2.27. The number of nitrogens with zero attached hydrogens (tertiary/aromatic N) is 2. The van der Waals surface area contributed by atoms with Gasteiger partial charge in [0.25, 0.3) is 11.5 Å². The SMILES string of the molecule is COC(=O)C(Cc1ccc(-c2c(OCCOCCOCCOCCN)cnn(C)c2=O)cc1)NC(=O)c1c(Cl)cccc1Cl. The van der Waals surface area contributed by atoms with E-state index in [-0.39, 0.29) is 40.8 Å². The standard InChI is InChI=1S/C30H36Cl2N4O8/c1-36-29(38)26(25(19-34-36)44-17-16-43-15-14-42-13-12-41-11-10-33)21-8-6-20(7-9-21)18-24(30(39)40-2)35-28(37)27-22(31)4-3-5-23(27)32/h3-9,19,24H,10-18,33H2,1-2H3,(H,35,37). The van der Waals surface area contributed by atoms with Crippen LogP contribution in [0.2, 0.25) is 10.0 Å². The maximum Gasteiger partial charge on any atom is 0.328 e. The summed E-state index contributed by atoms with van der Waals surface area (Å²) < 4.78 is 28.1. The van der Waals surface area contributed by atoms with Crippen LogP contribution in [0.3, 0.4) is 0 Å². The highest BCUT2D eigenvalue weighted by atomic mass is 35.5. The van der Waals surface area contributed by atoms with Crippen molar-refractivity contribution in [2.24, 2.45) is 12.8 Å². The van der Waals surface area contributed by atoms with E-state index in [1.54, 1.807) is 37.4 Å². The first-order valence-corrected chi connectivity index (χ1v) is 14.6. The minimum absolute atomic E-state index is 0.0593. The molecule has 2 aromatic carbocycles. The first-order chi connectivity index (χ1) is 21.3.